The van der Waals surface area contributed by atoms with E-state index in [1.165, 1.54) is 5.57 Å². The van der Waals surface area contributed by atoms with Gasteiger partial charge in [0.25, 0.3) is 5.91 Å². The Morgan fingerprint density at radius 3 is 3.17 bits per heavy atom. The van der Waals surface area contributed by atoms with E-state index in [1.54, 1.807) is 6.21 Å². The van der Waals surface area contributed by atoms with Crippen molar-refractivity contribution in [2.45, 2.75) is 6.92 Å². The van der Waals surface area contributed by atoms with Crippen LogP contribution in [0.4, 0.5) is 0 Å². The van der Waals surface area contributed by atoms with Crippen molar-refractivity contribution >= 4 is 12.1 Å². The molecule has 1 aliphatic heterocycles. The van der Waals surface area contributed by atoms with Crippen LogP contribution in [-0.2, 0) is 4.79 Å². The first kappa shape index (κ1) is 7.22. The fourth-order valence-corrected chi connectivity index (χ4v) is 1.41. The van der Waals surface area contributed by atoms with Crippen molar-refractivity contribution in [1.29, 1.82) is 0 Å². The van der Waals surface area contributed by atoms with Crippen molar-refractivity contribution in [3.63, 3.8) is 0 Å². The van der Waals surface area contributed by atoms with Crippen molar-refractivity contribution in [1.82, 2.24) is 0 Å². The quantitative estimate of drug-likeness (QED) is 0.528. The molecule has 1 amide bonds. The maximum Gasteiger partial charge on any atom is 0.257 e. The molecule has 1 heterocycles. The van der Waals surface area contributed by atoms with Gasteiger partial charge in [0.2, 0.25) is 0 Å². The molecule has 1 unspecified atom stereocenters. The Morgan fingerprint density at radius 1 is 1.50 bits per heavy atom. The van der Waals surface area contributed by atoms with Gasteiger partial charge in [0.1, 0.15) is 0 Å². The first-order valence-corrected chi connectivity index (χ1v) is 3.92. The van der Waals surface area contributed by atoms with Crippen LogP contribution in [0.1, 0.15) is 6.92 Å². The van der Waals surface area contributed by atoms with Crippen LogP contribution in [0.25, 0.3) is 0 Å². The van der Waals surface area contributed by atoms with Gasteiger partial charge in [0.15, 0.2) is 0 Å². The summed E-state index contributed by atoms with van der Waals surface area (Å²) in [5, 5.41) is 0. The van der Waals surface area contributed by atoms with E-state index in [0.717, 1.165) is 5.57 Å². The highest BCUT2D eigenvalue weighted by molar-refractivity contribution is 5.97. The third-order valence-corrected chi connectivity index (χ3v) is 2.04. The summed E-state index contributed by atoms with van der Waals surface area (Å²) in [5.41, 5.74) is 2.23. The van der Waals surface area contributed by atoms with Crippen molar-refractivity contribution in [3.8, 4) is 0 Å². The first-order valence-electron chi connectivity index (χ1n) is 3.92. The summed E-state index contributed by atoms with van der Waals surface area (Å²) in [4.78, 5) is 14.9. The summed E-state index contributed by atoms with van der Waals surface area (Å²) in [5.74, 6) is -0.189. The average Bonchev–Trinajstić information content (AvgIpc) is 2.04. The molecule has 0 saturated carbocycles. The van der Waals surface area contributed by atoms with Crippen molar-refractivity contribution in [2.24, 2.45) is 10.9 Å². The van der Waals surface area contributed by atoms with Gasteiger partial charge >= 0.3 is 0 Å². The number of rotatable bonds is 0. The number of allylic oxidation sites excluding steroid dienone is 4. The number of aliphatic imine (C=N–C) groups is 1. The highest BCUT2D eigenvalue weighted by atomic mass is 16.1. The van der Waals surface area contributed by atoms with Crippen LogP contribution in [0.3, 0.4) is 0 Å². The molecule has 2 heteroatoms. The Labute approximate surface area is 71.0 Å². The Balaban J connectivity index is 2.43. The molecule has 0 aromatic rings. The number of dihydropyridines is 1. The summed E-state index contributed by atoms with van der Waals surface area (Å²) in [7, 11) is 0. The lowest BCUT2D eigenvalue weighted by Gasteiger charge is -2.16. The maximum absolute atomic E-state index is 11.2. The third kappa shape index (κ3) is 1.05. The van der Waals surface area contributed by atoms with Gasteiger partial charge in [-0.1, -0.05) is 23.8 Å². The Kier molecular flexibility index (Phi) is 1.54. The van der Waals surface area contributed by atoms with Crippen LogP contribution in [0.2, 0.25) is 0 Å². The van der Waals surface area contributed by atoms with E-state index in [9.17, 15) is 4.79 Å². The monoisotopic (exact) mass is 159 g/mol. The second-order valence-corrected chi connectivity index (χ2v) is 3.01. The zero-order valence-electron chi connectivity index (χ0n) is 6.82. The van der Waals surface area contributed by atoms with E-state index in [1.807, 2.05) is 31.2 Å². The number of carbonyl (C=O) groups excluding carboxylic acids is 1. The fraction of sp³-hybridized carbons (Fsp3) is 0.200. The van der Waals surface area contributed by atoms with Gasteiger partial charge in [-0.2, -0.15) is 0 Å². The van der Waals surface area contributed by atoms with Crippen molar-refractivity contribution < 1.29 is 4.79 Å². The molecule has 0 radical (unpaired) electrons. The van der Waals surface area contributed by atoms with Gasteiger partial charge in [-0.25, -0.2) is 4.99 Å². The number of carbonyl (C=O) groups is 1. The van der Waals surface area contributed by atoms with Crippen LogP contribution in [0.5, 0.6) is 0 Å². The second kappa shape index (κ2) is 2.55. The molecular weight excluding hydrogens is 150 g/mol. The minimum atomic E-state index is -0.126. The molecule has 0 saturated heterocycles. The molecule has 1 atom stereocenters. The number of hydrogen-bond donors (Lipinski definition) is 0. The predicted molar refractivity (Wildman–Crippen MR) is 48.0 cm³/mol. The summed E-state index contributed by atoms with van der Waals surface area (Å²) in [6, 6.07) is 0. The number of nitrogens with zero attached hydrogens (tertiary/aromatic N) is 1. The number of hydrogen-bond acceptors (Lipinski definition) is 1. The molecule has 60 valence electrons. The Bertz CT molecular complexity index is 345. The summed E-state index contributed by atoms with van der Waals surface area (Å²) in [6.45, 7) is 2.02. The molecular formula is C10H9NO. The van der Waals surface area contributed by atoms with Gasteiger partial charge in [-0.05, 0) is 18.6 Å². The lowest BCUT2D eigenvalue weighted by Crippen LogP contribution is -2.17. The predicted octanol–water partition coefficient (Wildman–Crippen LogP) is 1.66. The molecule has 0 spiro atoms. The SMILES string of the molecule is CC1=CC2=CC=NC(=O)C2C=C1. The van der Waals surface area contributed by atoms with Crippen LogP contribution < -0.4 is 0 Å². The zero-order valence-corrected chi connectivity index (χ0v) is 6.82. The van der Waals surface area contributed by atoms with E-state index >= 15 is 0 Å². The van der Waals surface area contributed by atoms with E-state index < -0.39 is 0 Å². The summed E-state index contributed by atoms with van der Waals surface area (Å²) < 4.78 is 0. The minimum Gasteiger partial charge on any atom is -0.272 e. The Hall–Kier alpha value is -1.44. The van der Waals surface area contributed by atoms with Crippen LogP contribution in [-0.4, -0.2) is 12.1 Å². The minimum absolute atomic E-state index is 0.0625. The molecule has 1 aliphatic carbocycles. The molecule has 0 aromatic heterocycles. The molecule has 12 heavy (non-hydrogen) atoms. The van der Waals surface area contributed by atoms with Gasteiger partial charge in [-0.3, -0.25) is 4.79 Å². The number of fused-ring (bicyclic) bond motifs is 1. The highest BCUT2D eigenvalue weighted by Gasteiger charge is 2.21. The topological polar surface area (TPSA) is 29.4 Å². The highest BCUT2D eigenvalue weighted by Crippen LogP contribution is 2.24. The molecule has 0 aromatic carbocycles. The molecule has 0 N–H and O–H groups in total. The van der Waals surface area contributed by atoms with Crippen LogP contribution >= 0.6 is 0 Å². The average molecular weight is 159 g/mol. The third-order valence-electron chi connectivity index (χ3n) is 2.04. The van der Waals surface area contributed by atoms with E-state index in [2.05, 4.69) is 4.99 Å². The zero-order chi connectivity index (χ0) is 8.55. The van der Waals surface area contributed by atoms with Crippen LogP contribution in [0, 0.1) is 5.92 Å². The lowest BCUT2D eigenvalue weighted by molar-refractivity contribution is -0.119. The van der Waals surface area contributed by atoms with Gasteiger partial charge in [-0.15, -0.1) is 0 Å². The van der Waals surface area contributed by atoms with Gasteiger partial charge in [0, 0.05) is 6.21 Å². The van der Waals surface area contributed by atoms with Gasteiger partial charge < -0.3 is 0 Å². The molecule has 2 rings (SSSR count). The molecule has 0 bridgehead atoms. The van der Waals surface area contributed by atoms with Crippen molar-refractivity contribution in [3.05, 3.63) is 35.5 Å². The lowest BCUT2D eigenvalue weighted by atomic mass is 9.90. The first-order chi connectivity index (χ1) is 5.77. The molecule has 2 aliphatic rings. The second-order valence-electron chi connectivity index (χ2n) is 3.01. The summed E-state index contributed by atoms with van der Waals surface area (Å²) >= 11 is 0. The van der Waals surface area contributed by atoms with E-state index in [4.69, 9.17) is 0 Å². The van der Waals surface area contributed by atoms with Crippen LogP contribution in [0.15, 0.2) is 40.4 Å². The Morgan fingerprint density at radius 2 is 2.33 bits per heavy atom. The van der Waals surface area contributed by atoms with Crippen molar-refractivity contribution in [2.75, 3.05) is 0 Å². The van der Waals surface area contributed by atoms with Gasteiger partial charge in [0.05, 0.1) is 5.92 Å². The van der Waals surface area contributed by atoms with E-state index in [0.29, 0.717) is 0 Å². The molecule has 0 fully saturated rings. The standard InChI is InChI=1S/C10H9NO/c1-7-2-3-9-8(6-7)4-5-11-10(9)12/h2-6,9H,1H3. The largest absolute Gasteiger partial charge is 0.272 e. The summed E-state index contributed by atoms with van der Waals surface area (Å²) in [6.07, 6.45) is 9.34. The fourth-order valence-electron chi connectivity index (χ4n) is 1.41. The van der Waals surface area contributed by atoms with E-state index in [-0.39, 0.29) is 11.8 Å². The number of amides is 1. The normalized spacial score (nSPS) is 26.4. The smallest absolute Gasteiger partial charge is 0.257 e. The maximum atomic E-state index is 11.2. The molecule has 2 nitrogen and oxygen atoms in total.